The standard InChI is InChI=1S/C20H24N2O4/c1-13-11-17(18(23)21-10-9-20(3,12-21)19(24)25)14(2)22(13)15-5-7-16(26-4)8-6-15/h5-8,11H,9-10,12H2,1-4H3,(H,24,25). The van der Waals surface area contributed by atoms with Gasteiger partial charge in [-0.3, -0.25) is 9.59 Å². The van der Waals surface area contributed by atoms with Gasteiger partial charge in [-0.2, -0.15) is 0 Å². The van der Waals surface area contributed by atoms with Crippen molar-refractivity contribution in [1.82, 2.24) is 9.47 Å². The lowest BCUT2D eigenvalue weighted by Gasteiger charge is -2.20. The summed E-state index contributed by atoms with van der Waals surface area (Å²) in [5.41, 5.74) is 2.51. The maximum Gasteiger partial charge on any atom is 0.311 e. The largest absolute Gasteiger partial charge is 0.497 e. The van der Waals surface area contributed by atoms with E-state index in [0.29, 0.717) is 18.5 Å². The Hall–Kier alpha value is -2.76. The summed E-state index contributed by atoms with van der Waals surface area (Å²) in [6.45, 7) is 6.28. The summed E-state index contributed by atoms with van der Waals surface area (Å²) in [5, 5.41) is 9.38. The van der Waals surface area contributed by atoms with Gasteiger partial charge in [0.05, 0.1) is 18.1 Å². The highest BCUT2D eigenvalue weighted by Gasteiger charge is 2.42. The highest BCUT2D eigenvalue weighted by atomic mass is 16.5. The normalized spacial score (nSPS) is 19.6. The number of likely N-dealkylation sites (tertiary alicyclic amines) is 1. The minimum absolute atomic E-state index is 0.108. The maximum atomic E-state index is 13.0. The molecule has 6 heteroatoms. The molecular weight excluding hydrogens is 332 g/mol. The number of carbonyl (C=O) groups is 2. The van der Waals surface area contributed by atoms with Gasteiger partial charge in [0.15, 0.2) is 0 Å². The average molecular weight is 356 g/mol. The first-order valence-corrected chi connectivity index (χ1v) is 8.63. The number of methoxy groups -OCH3 is 1. The van der Waals surface area contributed by atoms with Gasteiger partial charge in [-0.15, -0.1) is 0 Å². The van der Waals surface area contributed by atoms with Crippen molar-refractivity contribution >= 4 is 11.9 Å². The van der Waals surface area contributed by atoms with Gasteiger partial charge in [0.25, 0.3) is 5.91 Å². The number of aryl methyl sites for hydroxylation is 1. The van der Waals surface area contributed by atoms with Gasteiger partial charge in [-0.25, -0.2) is 0 Å². The van der Waals surface area contributed by atoms with E-state index in [1.807, 2.05) is 48.7 Å². The van der Waals surface area contributed by atoms with E-state index >= 15 is 0 Å². The predicted molar refractivity (Wildman–Crippen MR) is 98.1 cm³/mol. The van der Waals surface area contributed by atoms with E-state index in [4.69, 9.17) is 4.74 Å². The topological polar surface area (TPSA) is 71.8 Å². The lowest BCUT2D eigenvalue weighted by atomic mass is 9.90. The second-order valence-electron chi connectivity index (χ2n) is 7.16. The Labute approximate surface area is 153 Å². The van der Waals surface area contributed by atoms with Gasteiger partial charge in [0.2, 0.25) is 0 Å². The first-order valence-electron chi connectivity index (χ1n) is 8.63. The quantitative estimate of drug-likeness (QED) is 0.914. The SMILES string of the molecule is COc1ccc(-n2c(C)cc(C(=O)N3CCC(C)(C(=O)O)C3)c2C)cc1. The van der Waals surface area contributed by atoms with Crippen molar-refractivity contribution in [3.05, 3.63) is 47.3 Å². The number of rotatable bonds is 4. The number of benzene rings is 1. The van der Waals surface area contributed by atoms with Gasteiger partial charge in [0, 0.05) is 30.2 Å². The molecule has 1 aromatic heterocycles. The predicted octanol–water partition coefficient (Wildman–Crippen LogP) is 3.04. The van der Waals surface area contributed by atoms with Crippen molar-refractivity contribution < 1.29 is 19.4 Å². The Bertz CT molecular complexity index is 853. The van der Waals surface area contributed by atoms with Crippen LogP contribution in [-0.2, 0) is 4.79 Å². The third kappa shape index (κ3) is 2.96. The van der Waals surface area contributed by atoms with E-state index in [1.54, 1.807) is 18.9 Å². The van der Waals surface area contributed by atoms with Crippen molar-refractivity contribution in [2.75, 3.05) is 20.2 Å². The van der Waals surface area contributed by atoms with Crippen LogP contribution < -0.4 is 4.74 Å². The first kappa shape index (κ1) is 18.0. The zero-order valence-corrected chi connectivity index (χ0v) is 15.6. The molecule has 138 valence electrons. The van der Waals surface area contributed by atoms with E-state index in [2.05, 4.69) is 0 Å². The summed E-state index contributed by atoms with van der Waals surface area (Å²) in [6, 6.07) is 9.54. The molecule has 1 aliphatic heterocycles. The van der Waals surface area contributed by atoms with Crippen LogP contribution in [0, 0.1) is 19.3 Å². The van der Waals surface area contributed by atoms with E-state index in [0.717, 1.165) is 22.8 Å². The summed E-state index contributed by atoms with van der Waals surface area (Å²) in [7, 11) is 1.62. The Morgan fingerprint density at radius 1 is 1.19 bits per heavy atom. The fraction of sp³-hybridized carbons (Fsp3) is 0.400. The van der Waals surface area contributed by atoms with Crippen molar-refractivity contribution in [2.24, 2.45) is 5.41 Å². The van der Waals surface area contributed by atoms with Crippen molar-refractivity contribution in [3.8, 4) is 11.4 Å². The first-order chi connectivity index (χ1) is 12.3. The zero-order valence-electron chi connectivity index (χ0n) is 15.6. The number of hydrogen-bond acceptors (Lipinski definition) is 3. The monoisotopic (exact) mass is 356 g/mol. The third-order valence-electron chi connectivity index (χ3n) is 5.27. The Morgan fingerprint density at radius 3 is 2.38 bits per heavy atom. The molecule has 0 spiro atoms. The number of hydrogen-bond donors (Lipinski definition) is 1. The number of carbonyl (C=O) groups excluding carboxylic acids is 1. The molecule has 1 unspecified atom stereocenters. The summed E-state index contributed by atoms with van der Waals surface area (Å²) in [5.74, 6) is -0.183. The summed E-state index contributed by atoms with van der Waals surface area (Å²) in [4.78, 5) is 26.1. The molecule has 0 radical (unpaired) electrons. The van der Waals surface area contributed by atoms with Crippen molar-refractivity contribution in [1.29, 1.82) is 0 Å². The fourth-order valence-corrected chi connectivity index (χ4v) is 3.59. The number of aromatic nitrogens is 1. The van der Waals surface area contributed by atoms with E-state index in [9.17, 15) is 14.7 Å². The van der Waals surface area contributed by atoms with E-state index in [1.165, 1.54) is 0 Å². The van der Waals surface area contributed by atoms with Crippen LogP contribution in [0.5, 0.6) is 5.75 Å². The van der Waals surface area contributed by atoms with Crippen LogP contribution in [0.25, 0.3) is 5.69 Å². The smallest absolute Gasteiger partial charge is 0.311 e. The number of ether oxygens (including phenoxy) is 1. The van der Waals surface area contributed by atoms with E-state index < -0.39 is 11.4 Å². The van der Waals surface area contributed by atoms with Crippen LogP contribution in [0.3, 0.4) is 0 Å². The lowest BCUT2D eigenvalue weighted by Crippen LogP contribution is -2.35. The highest BCUT2D eigenvalue weighted by Crippen LogP contribution is 2.32. The molecule has 6 nitrogen and oxygen atoms in total. The molecule has 0 saturated carbocycles. The van der Waals surface area contributed by atoms with Crippen LogP contribution in [0.2, 0.25) is 0 Å². The Kier molecular flexibility index (Phi) is 4.52. The third-order valence-corrected chi connectivity index (χ3v) is 5.27. The number of nitrogens with zero attached hydrogens (tertiary/aromatic N) is 2. The minimum atomic E-state index is -0.864. The molecule has 1 fully saturated rings. The van der Waals surface area contributed by atoms with Crippen LogP contribution >= 0.6 is 0 Å². The Balaban J connectivity index is 1.90. The molecule has 0 aliphatic carbocycles. The number of amides is 1. The number of aliphatic carboxylic acids is 1. The fourth-order valence-electron chi connectivity index (χ4n) is 3.59. The Morgan fingerprint density at radius 2 is 1.85 bits per heavy atom. The van der Waals surface area contributed by atoms with Gasteiger partial charge in [0.1, 0.15) is 5.75 Å². The summed E-state index contributed by atoms with van der Waals surface area (Å²) < 4.78 is 7.22. The minimum Gasteiger partial charge on any atom is -0.497 e. The van der Waals surface area contributed by atoms with Crippen LogP contribution in [0.4, 0.5) is 0 Å². The lowest BCUT2D eigenvalue weighted by molar-refractivity contribution is -0.147. The molecule has 26 heavy (non-hydrogen) atoms. The second-order valence-corrected chi connectivity index (χ2v) is 7.16. The van der Waals surface area contributed by atoms with Gasteiger partial charge < -0.3 is 19.3 Å². The summed E-state index contributed by atoms with van der Waals surface area (Å²) >= 11 is 0. The maximum absolute atomic E-state index is 13.0. The van der Waals surface area contributed by atoms with E-state index in [-0.39, 0.29) is 12.5 Å². The van der Waals surface area contributed by atoms with Crippen LogP contribution in [0.1, 0.15) is 35.1 Å². The number of carboxylic acid groups (broad SMARTS) is 1. The molecule has 1 aliphatic rings. The molecule has 2 heterocycles. The molecule has 2 aromatic rings. The van der Waals surface area contributed by atoms with Gasteiger partial charge in [-0.05, 0) is 57.5 Å². The molecular formula is C20H24N2O4. The highest BCUT2D eigenvalue weighted by molar-refractivity contribution is 5.96. The second kappa shape index (κ2) is 6.52. The van der Waals surface area contributed by atoms with Crippen LogP contribution in [-0.4, -0.2) is 46.6 Å². The van der Waals surface area contributed by atoms with Crippen molar-refractivity contribution in [3.63, 3.8) is 0 Å². The molecule has 1 aromatic carbocycles. The molecule has 1 atom stereocenters. The number of carboxylic acids is 1. The van der Waals surface area contributed by atoms with Crippen LogP contribution in [0.15, 0.2) is 30.3 Å². The molecule has 0 bridgehead atoms. The van der Waals surface area contributed by atoms with Crippen molar-refractivity contribution in [2.45, 2.75) is 27.2 Å². The summed E-state index contributed by atoms with van der Waals surface area (Å²) in [6.07, 6.45) is 0.477. The molecule has 3 rings (SSSR count). The average Bonchev–Trinajstić information content (AvgIpc) is 3.16. The molecule has 1 saturated heterocycles. The van der Waals surface area contributed by atoms with Gasteiger partial charge >= 0.3 is 5.97 Å². The zero-order chi connectivity index (χ0) is 19.1. The molecule has 1 N–H and O–H groups in total. The molecule has 1 amide bonds. The van der Waals surface area contributed by atoms with Gasteiger partial charge in [-0.1, -0.05) is 0 Å².